The fraction of sp³-hybridized carbons (Fsp3) is 0.333. The van der Waals surface area contributed by atoms with Gasteiger partial charge in [-0.15, -0.1) is 0 Å². The molecule has 3 heteroatoms. The Bertz CT molecular complexity index is 444. The Labute approximate surface area is 112 Å². The van der Waals surface area contributed by atoms with Crippen molar-refractivity contribution in [3.8, 4) is 0 Å². The summed E-state index contributed by atoms with van der Waals surface area (Å²) in [5.74, 6) is 0.873. The fourth-order valence-corrected chi connectivity index (χ4v) is 1.87. The summed E-state index contributed by atoms with van der Waals surface area (Å²) in [6.07, 6.45) is 3.91. The minimum atomic E-state index is 0.0263. The van der Waals surface area contributed by atoms with Gasteiger partial charge in [0.2, 0.25) is 0 Å². The average molecular weight is 262 g/mol. The van der Waals surface area contributed by atoms with Gasteiger partial charge in [-0.3, -0.25) is 9.59 Å². The zero-order valence-electron chi connectivity index (χ0n) is 11.0. The van der Waals surface area contributed by atoms with Crippen LogP contribution in [-0.4, -0.2) is 16.7 Å². The second-order valence-electron chi connectivity index (χ2n) is 4.35. The molecule has 2 nitrogen and oxygen atoms in total. The molecule has 0 radical (unpaired) electrons. The van der Waals surface area contributed by atoms with Crippen molar-refractivity contribution in [2.45, 2.75) is 20.8 Å². The van der Waals surface area contributed by atoms with Crippen LogP contribution in [-0.2, 0) is 4.79 Å². The van der Waals surface area contributed by atoms with Gasteiger partial charge in [0, 0.05) is 24.2 Å². The van der Waals surface area contributed by atoms with Crippen molar-refractivity contribution in [1.82, 2.24) is 0 Å². The highest BCUT2D eigenvalue weighted by molar-refractivity contribution is 8.13. The lowest BCUT2D eigenvalue weighted by atomic mass is 10.00. The summed E-state index contributed by atoms with van der Waals surface area (Å²) in [6, 6.07) is 7.54. The van der Waals surface area contributed by atoms with Crippen LogP contribution in [0.5, 0.6) is 0 Å². The highest BCUT2D eigenvalue weighted by Crippen LogP contribution is 2.11. The number of rotatable bonds is 5. The molecule has 0 fully saturated rings. The summed E-state index contributed by atoms with van der Waals surface area (Å²) in [4.78, 5) is 22.5. The molecular formula is C15H18O2S. The molecule has 1 aromatic carbocycles. The molecule has 0 saturated carbocycles. The molecule has 1 rings (SSSR count). The molecule has 0 aliphatic heterocycles. The first-order valence-corrected chi connectivity index (χ1v) is 6.93. The molecule has 0 aromatic heterocycles. The van der Waals surface area contributed by atoms with E-state index in [1.165, 1.54) is 11.8 Å². The van der Waals surface area contributed by atoms with Gasteiger partial charge in [0.15, 0.2) is 10.9 Å². The lowest BCUT2D eigenvalue weighted by Gasteiger charge is -2.04. The van der Waals surface area contributed by atoms with Crippen LogP contribution in [0.25, 0.3) is 6.08 Å². The van der Waals surface area contributed by atoms with Crippen molar-refractivity contribution in [1.29, 1.82) is 0 Å². The van der Waals surface area contributed by atoms with E-state index in [9.17, 15) is 9.59 Å². The topological polar surface area (TPSA) is 34.1 Å². The van der Waals surface area contributed by atoms with E-state index in [2.05, 4.69) is 0 Å². The maximum Gasteiger partial charge on any atom is 0.186 e. The van der Waals surface area contributed by atoms with Gasteiger partial charge in [-0.1, -0.05) is 62.0 Å². The first-order chi connectivity index (χ1) is 8.50. The zero-order valence-corrected chi connectivity index (χ0v) is 11.8. The van der Waals surface area contributed by atoms with E-state index in [4.69, 9.17) is 0 Å². The number of thioether (sulfide) groups is 1. The van der Waals surface area contributed by atoms with Crippen molar-refractivity contribution in [2.24, 2.45) is 5.92 Å². The summed E-state index contributed by atoms with van der Waals surface area (Å²) in [6.45, 7) is 5.36. The molecule has 96 valence electrons. The van der Waals surface area contributed by atoms with Gasteiger partial charge in [0.25, 0.3) is 0 Å². The largest absolute Gasteiger partial charge is 0.294 e. The van der Waals surface area contributed by atoms with E-state index in [0.29, 0.717) is 5.75 Å². The lowest BCUT2D eigenvalue weighted by molar-refractivity contribution is -0.109. The average Bonchev–Trinajstić information content (AvgIpc) is 2.34. The van der Waals surface area contributed by atoms with Crippen molar-refractivity contribution in [3.63, 3.8) is 0 Å². The predicted octanol–water partition coefficient (Wildman–Crippen LogP) is 3.82. The molecule has 0 N–H and O–H groups in total. The standard InChI is InChI=1S/C15H18O2S/c1-11(2)15(17)14-8-6-13(7-9-14)5-4-10-18-12(3)16/h4-9,11H,10H2,1-3H3. The van der Waals surface area contributed by atoms with Crippen LogP contribution >= 0.6 is 11.8 Å². The van der Waals surface area contributed by atoms with Crippen molar-refractivity contribution >= 4 is 28.7 Å². The Kier molecular flexibility index (Phi) is 5.86. The number of ketones is 1. The van der Waals surface area contributed by atoms with Gasteiger partial charge in [-0.25, -0.2) is 0 Å². The smallest absolute Gasteiger partial charge is 0.186 e. The van der Waals surface area contributed by atoms with Gasteiger partial charge in [0.05, 0.1) is 0 Å². The van der Waals surface area contributed by atoms with Gasteiger partial charge in [-0.2, -0.15) is 0 Å². The highest BCUT2D eigenvalue weighted by atomic mass is 32.2. The molecule has 0 aliphatic rings. The Balaban J connectivity index is 2.60. The number of carbonyl (C=O) groups is 2. The molecule has 0 amide bonds. The predicted molar refractivity (Wildman–Crippen MR) is 77.8 cm³/mol. The lowest BCUT2D eigenvalue weighted by Crippen LogP contribution is -2.06. The maximum absolute atomic E-state index is 11.7. The van der Waals surface area contributed by atoms with Gasteiger partial charge >= 0.3 is 0 Å². The Morgan fingerprint density at radius 2 is 1.83 bits per heavy atom. The Morgan fingerprint density at radius 1 is 1.22 bits per heavy atom. The quantitative estimate of drug-likeness (QED) is 0.756. The number of hydrogen-bond donors (Lipinski definition) is 0. The number of Topliss-reactive ketones (excluding diaryl/α,β-unsaturated/α-hetero) is 1. The van der Waals surface area contributed by atoms with E-state index >= 15 is 0 Å². The summed E-state index contributed by atoms with van der Waals surface area (Å²) < 4.78 is 0. The van der Waals surface area contributed by atoms with Crippen molar-refractivity contribution < 1.29 is 9.59 Å². The number of hydrogen-bond acceptors (Lipinski definition) is 3. The second kappa shape index (κ2) is 7.17. The minimum Gasteiger partial charge on any atom is -0.294 e. The summed E-state index contributed by atoms with van der Waals surface area (Å²) in [5.41, 5.74) is 1.79. The van der Waals surface area contributed by atoms with Crippen LogP contribution in [0.1, 0.15) is 36.7 Å². The van der Waals surface area contributed by atoms with E-state index in [-0.39, 0.29) is 16.8 Å². The van der Waals surface area contributed by atoms with Crippen LogP contribution in [0.4, 0.5) is 0 Å². The fourth-order valence-electron chi connectivity index (χ4n) is 1.44. The molecule has 1 aromatic rings. The summed E-state index contributed by atoms with van der Waals surface area (Å²) >= 11 is 1.28. The zero-order chi connectivity index (χ0) is 13.5. The maximum atomic E-state index is 11.7. The van der Waals surface area contributed by atoms with E-state index < -0.39 is 0 Å². The van der Waals surface area contributed by atoms with Crippen molar-refractivity contribution in [3.05, 3.63) is 41.5 Å². The van der Waals surface area contributed by atoms with E-state index in [1.807, 2.05) is 50.3 Å². The van der Waals surface area contributed by atoms with Crippen LogP contribution in [0.3, 0.4) is 0 Å². The summed E-state index contributed by atoms with van der Waals surface area (Å²) in [5, 5.41) is 0.123. The third kappa shape index (κ3) is 4.88. The molecule has 0 unspecified atom stereocenters. The molecule has 0 heterocycles. The van der Waals surface area contributed by atoms with Crippen LogP contribution in [0.15, 0.2) is 30.3 Å². The third-order valence-corrected chi connectivity index (χ3v) is 3.18. The Morgan fingerprint density at radius 3 is 2.33 bits per heavy atom. The molecule has 18 heavy (non-hydrogen) atoms. The molecule has 0 saturated heterocycles. The van der Waals surface area contributed by atoms with Crippen LogP contribution in [0.2, 0.25) is 0 Å². The number of benzene rings is 1. The van der Waals surface area contributed by atoms with Gasteiger partial charge in [0.1, 0.15) is 0 Å². The Hall–Kier alpha value is -1.35. The van der Waals surface area contributed by atoms with Gasteiger partial charge < -0.3 is 0 Å². The minimum absolute atomic E-state index is 0.0263. The molecule has 0 atom stereocenters. The normalized spacial score (nSPS) is 11.1. The number of carbonyl (C=O) groups excluding carboxylic acids is 2. The third-order valence-electron chi connectivity index (χ3n) is 2.41. The van der Waals surface area contributed by atoms with Crippen molar-refractivity contribution in [2.75, 3.05) is 5.75 Å². The first-order valence-electron chi connectivity index (χ1n) is 5.95. The highest BCUT2D eigenvalue weighted by Gasteiger charge is 2.09. The molecule has 0 spiro atoms. The molecule has 0 aliphatic carbocycles. The second-order valence-corrected chi connectivity index (χ2v) is 5.54. The monoisotopic (exact) mass is 262 g/mol. The first kappa shape index (κ1) is 14.7. The molecular weight excluding hydrogens is 244 g/mol. The SMILES string of the molecule is CC(=O)SCC=Cc1ccc(C(=O)C(C)C)cc1. The van der Waals surface area contributed by atoms with Crippen LogP contribution in [0, 0.1) is 5.92 Å². The van der Waals surface area contributed by atoms with Gasteiger partial charge in [-0.05, 0) is 5.56 Å². The van der Waals surface area contributed by atoms with Crippen LogP contribution < -0.4 is 0 Å². The summed E-state index contributed by atoms with van der Waals surface area (Å²) in [7, 11) is 0. The van der Waals surface area contributed by atoms with E-state index in [0.717, 1.165) is 11.1 Å². The molecule has 0 bridgehead atoms. The van der Waals surface area contributed by atoms with E-state index in [1.54, 1.807) is 6.92 Å².